The van der Waals surface area contributed by atoms with E-state index in [0.717, 1.165) is 33.7 Å². The van der Waals surface area contributed by atoms with Crippen LogP contribution in [-0.4, -0.2) is 22.8 Å². The van der Waals surface area contributed by atoms with Gasteiger partial charge in [0.15, 0.2) is 5.82 Å². The molecule has 4 rings (SSSR count). The molecule has 0 unspecified atom stereocenters. The number of ether oxygens (including phenoxy) is 2. The summed E-state index contributed by atoms with van der Waals surface area (Å²) in [6.45, 7) is 6.76. The fourth-order valence-electron chi connectivity index (χ4n) is 3.76. The van der Waals surface area contributed by atoms with Crippen molar-refractivity contribution >= 4 is 23.3 Å². The Balaban J connectivity index is 1.49. The number of aromatic nitrogens is 2. The highest BCUT2D eigenvalue weighted by Gasteiger charge is 2.14. The van der Waals surface area contributed by atoms with Gasteiger partial charge in [-0.05, 0) is 67.8 Å². The summed E-state index contributed by atoms with van der Waals surface area (Å²) in [6.07, 6.45) is 0. The Morgan fingerprint density at radius 3 is 2.54 bits per heavy atom. The van der Waals surface area contributed by atoms with Gasteiger partial charge in [0.05, 0.1) is 13.7 Å². The summed E-state index contributed by atoms with van der Waals surface area (Å²) in [5, 5.41) is 8.11. The molecule has 0 spiro atoms. The second-order valence-corrected chi connectivity index (χ2v) is 8.87. The van der Waals surface area contributed by atoms with Crippen LogP contribution in [0.4, 0.5) is 5.82 Å². The monoisotopic (exact) mass is 489 g/mol. The lowest BCUT2D eigenvalue weighted by Gasteiger charge is -2.14. The number of benzene rings is 3. The van der Waals surface area contributed by atoms with Crippen LogP contribution in [0.1, 0.15) is 38.3 Å². The van der Waals surface area contributed by atoms with Gasteiger partial charge < -0.3 is 14.8 Å². The van der Waals surface area contributed by atoms with E-state index in [-0.39, 0.29) is 12.5 Å². The molecule has 1 N–H and O–H groups in total. The molecular formula is C28H28ClN3O3. The van der Waals surface area contributed by atoms with E-state index in [1.807, 2.05) is 74.0 Å². The van der Waals surface area contributed by atoms with Crippen LogP contribution in [-0.2, 0) is 13.2 Å². The summed E-state index contributed by atoms with van der Waals surface area (Å²) in [5.41, 5.74) is 5.31. The molecule has 0 atom stereocenters. The van der Waals surface area contributed by atoms with Gasteiger partial charge in [0.1, 0.15) is 18.1 Å². The number of nitrogens with one attached hydrogen (secondary N) is 1. The van der Waals surface area contributed by atoms with Crippen molar-refractivity contribution < 1.29 is 14.3 Å². The van der Waals surface area contributed by atoms with E-state index in [2.05, 4.69) is 10.4 Å². The average Bonchev–Trinajstić information content (AvgIpc) is 3.19. The summed E-state index contributed by atoms with van der Waals surface area (Å²) >= 11 is 6.29. The molecule has 4 aromatic rings. The molecule has 35 heavy (non-hydrogen) atoms. The van der Waals surface area contributed by atoms with E-state index >= 15 is 0 Å². The highest BCUT2D eigenvalue weighted by atomic mass is 35.5. The van der Waals surface area contributed by atoms with E-state index < -0.39 is 0 Å². The lowest BCUT2D eigenvalue weighted by Crippen LogP contribution is -2.14. The van der Waals surface area contributed by atoms with Crippen molar-refractivity contribution in [3.05, 3.63) is 105 Å². The third kappa shape index (κ3) is 5.84. The molecule has 0 aliphatic heterocycles. The van der Waals surface area contributed by atoms with Gasteiger partial charge in [-0.1, -0.05) is 41.9 Å². The largest absolute Gasteiger partial charge is 0.496 e. The standard InChI is InChI=1S/C28H28ClN3O3/c1-18-9-10-19(2)26(13-18)35-17-23-15-21(11-12-25(23)34-4)28(33)30-27-14-20(3)32(31-27)16-22-7-5-6-8-24(22)29/h5-15H,16-17H2,1-4H3,(H,30,31,33). The highest BCUT2D eigenvalue weighted by Crippen LogP contribution is 2.25. The molecule has 0 aliphatic rings. The van der Waals surface area contributed by atoms with E-state index in [9.17, 15) is 4.79 Å². The molecule has 1 aromatic heterocycles. The molecule has 6 nitrogen and oxygen atoms in total. The lowest BCUT2D eigenvalue weighted by atomic mass is 10.1. The Morgan fingerprint density at radius 2 is 1.77 bits per heavy atom. The fraction of sp³-hybridized carbons (Fsp3) is 0.214. The maximum Gasteiger partial charge on any atom is 0.256 e. The first-order valence-corrected chi connectivity index (χ1v) is 11.7. The number of methoxy groups -OCH3 is 1. The van der Waals surface area contributed by atoms with Gasteiger partial charge >= 0.3 is 0 Å². The molecule has 0 saturated heterocycles. The fourth-order valence-corrected chi connectivity index (χ4v) is 3.95. The normalized spacial score (nSPS) is 10.8. The number of amides is 1. The first kappa shape index (κ1) is 24.4. The molecule has 0 bridgehead atoms. The maximum absolute atomic E-state index is 13.0. The van der Waals surface area contributed by atoms with Crippen molar-refractivity contribution in [3.63, 3.8) is 0 Å². The number of carbonyl (C=O) groups is 1. The predicted octanol–water partition coefficient (Wildman–Crippen LogP) is 6.35. The third-order valence-electron chi connectivity index (χ3n) is 5.77. The van der Waals surface area contributed by atoms with Crippen LogP contribution >= 0.6 is 11.6 Å². The van der Waals surface area contributed by atoms with Crippen LogP contribution in [0.15, 0.2) is 66.7 Å². The number of aryl methyl sites for hydroxylation is 3. The van der Waals surface area contributed by atoms with Crippen molar-refractivity contribution in [2.24, 2.45) is 0 Å². The van der Waals surface area contributed by atoms with E-state index in [4.69, 9.17) is 21.1 Å². The SMILES string of the molecule is COc1ccc(C(=O)Nc2cc(C)n(Cc3ccccc3Cl)n2)cc1COc1cc(C)ccc1C. The number of anilines is 1. The van der Waals surface area contributed by atoms with Crippen molar-refractivity contribution in [2.75, 3.05) is 12.4 Å². The molecule has 1 amide bonds. The molecule has 1 heterocycles. The van der Waals surface area contributed by atoms with Crippen LogP contribution in [0.3, 0.4) is 0 Å². The zero-order valence-corrected chi connectivity index (χ0v) is 21.0. The second-order valence-electron chi connectivity index (χ2n) is 8.46. The molecule has 0 fully saturated rings. The summed E-state index contributed by atoms with van der Waals surface area (Å²) in [4.78, 5) is 13.0. The summed E-state index contributed by atoms with van der Waals surface area (Å²) < 4.78 is 13.3. The van der Waals surface area contributed by atoms with Gasteiger partial charge in [0, 0.05) is 27.9 Å². The van der Waals surface area contributed by atoms with Gasteiger partial charge in [-0.2, -0.15) is 5.10 Å². The number of carbonyl (C=O) groups excluding carboxylic acids is 1. The van der Waals surface area contributed by atoms with Gasteiger partial charge in [0.25, 0.3) is 5.91 Å². The topological polar surface area (TPSA) is 65.4 Å². The zero-order valence-electron chi connectivity index (χ0n) is 20.3. The smallest absolute Gasteiger partial charge is 0.256 e. The number of hydrogen-bond acceptors (Lipinski definition) is 4. The average molecular weight is 490 g/mol. The van der Waals surface area contributed by atoms with Crippen LogP contribution in [0.25, 0.3) is 0 Å². The Labute approximate surface area is 210 Å². The molecule has 3 aromatic carbocycles. The molecular weight excluding hydrogens is 462 g/mol. The quantitative estimate of drug-likeness (QED) is 0.313. The second kappa shape index (κ2) is 10.7. The first-order chi connectivity index (χ1) is 16.8. The lowest BCUT2D eigenvalue weighted by molar-refractivity contribution is 0.102. The van der Waals surface area contributed by atoms with Crippen LogP contribution in [0, 0.1) is 20.8 Å². The number of nitrogens with zero attached hydrogens (tertiary/aromatic N) is 2. The van der Waals surface area contributed by atoms with Gasteiger partial charge in [-0.3, -0.25) is 9.48 Å². The van der Waals surface area contributed by atoms with Crippen molar-refractivity contribution in [2.45, 2.75) is 33.9 Å². The Hall–Kier alpha value is -3.77. The maximum atomic E-state index is 13.0. The third-order valence-corrected chi connectivity index (χ3v) is 6.14. The minimum atomic E-state index is -0.261. The summed E-state index contributed by atoms with van der Waals surface area (Å²) in [6, 6.07) is 20.8. The van der Waals surface area contributed by atoms with Gasteiger partial charge in [0.2, 0.25) is 0 Å². The zero-order chi connectivity index (χ0) is 24.9. The van der Waals surface area contributed by atoms with E-state index in [0.29, 0.717) is 28.7 Å². The van der Waals surface area contributed by atoms with Crippen LogP contribution in [0.5, 0.6) is 11.5 Å². The molecule has 180 valence electrons. The Bertz CT molecular complexity index is 1360. The number of halogens is 1. The van der Waals surface area contributed by atoms with E-state index in [1.54, 1.807) is 25.3 Å². The van der Waals surface area contributed by atoms with E-state index in [1.165, 1.54) is 0 Å². The minimum absolute atomic E-state index is 0.261. The number of hydrogen-bond donors (Lipinski definition) is 1. The molecule has 0 saturated carbocycles. The highest BCUT2D eigenvalue weighted by molar-refractivity contribution is 6.31. The first-order valence-electron chi connectivity index (χ1n) is 11.3. The summed E-state index contributed by atoms with van der Waals surface area (Å²) in [7, 11) is 1.60. The Morgan fingerprint density at radius 1 is 0.971 bits per heavy atom. The summed E-state index contributed by atoms with van der Waals surface area (Å²) in [5.74, 6) is 1.68. The molecule has 0 aliphatic carbocycles. The minimum Gasteiger partial charge on any atom is -0.496 e. The molecule has 0 radical (unpaired) electrons. The van der Waals surface area contributed by atoms with Crippen molar-refractivity contribution in [1.82, 2.24) is 9.78 Å². The number of rotatable bonds is 8. The predicted molar refractivity (Wildman–Crippen MR) is 139 cm³/mol. The van der Waals surface area contributed by atoms with Crippen molar-refractivity contribution in [1.29, 1.82) is 0 Å². The van der Waals surface area contributed by atoms with Gasteiger partial charge in [-0.15, -0.1) is 0 Å². The van der Waals surface area contributed by atoms with Gasteiger partial charge in [-0.25, -0.2) is 0 Å². The van der Waals surface area contributed by atoms with Crippen molar-refractivity contribution in [3.8, 4) is 11.5 Å². The molecule has 7 heteroatoms. The van der Waals surface area contributed by atoms with Crippen LogP contribution < -0.4 is 14.8 Å². The van der Waals surface area contributed by atoms with Crippen LogP contribution in [0.2, 0.25) is 5.02 Å². The Kier molecular flexibility index (Phi) is 7.42.